The lowest BCUT2D eigenvalue weighted by Crippen LogP contribution is -2.48. The highest BCUT2D eigenvalue weighted by Crippen LogP contribution is 2.28. The Morgan fingerprint density at radius 3 is 2.68 bits per heavy atom. The third kappa shape index (κ3) is 4.58. The minimum Gasteiger partial charge on any atom is -0.497 e. The molecular formula is C23H24N4O4. The zero-order valence-electron chi connectivity index (χ0n) is 17.5. The molecule has 0 aliphatic carbocycles. The van der Waals surface area contributed by atoms with Crippen molar-refractivity contribution in [2.75, 3.05) is 27.2 Å². The molecule has 2 aromatic carbocycles. The maximum Gasteiger partial charge on any atom is 0.251 e. The molecule has 4 rings (SSSR count). The number of methoxy groups -OCH3 is 1. The molecule has 1 aromatic heterocycles. The molecule has 1 aliphatic heterocycles. The van der Waals surface area contributed by atoms with Gasteiger partial charge in [-0.15, -0.1) is 0 Å². The summed E-state index contributed by atoms with van der Waals surface area (Å²) in [6, 6.07) is 14.8. The van der Waals surface area contributed by atoms with E-state index < -0.39 is 0 Å². The second kappa shape index (κ2) is 8.99. The van der Waals surface area contributed by atoms with Crippen LogP contribution in [0.1, 0.15) is 34.2 Å². The van der Waals surface area contributed by atoms with E-state index in [0.717, 1.165) is 11.3 Å². The van der Waals surface area contributed by atoms with E-state index in [1.54, 1.807) is 32.4 Å². The van der Waals surface area contributed by atoms with Gasteiger partial charge in [-0.2, -0.15) is 4.98 Å². The fourth-order valence-electron chi connectivity index (χ4n) is 3.50. The topological polar surface area (TPSA) is 97.6 Å². The summed E-state index contributed by atoms with van der Waals surface area (Å²) in [5.41, 5.74) is 2.35. The number of hydrogen-bond acceptors (Lipinski definition) is 6. The summed E-state index contributed by atoms with van der Waals surface area (Å²) in [5, 5.41) is 6.64. The molecule has 0 radical (unpaired) electrons. The number of aryl methyl sites for hydroxylation is 1. The average Bonchev–Trinajstić information content (AvgIpc) is 3.26. The molecule has 8 nitrogen and oxygen atoms in total. The number of carbonyl (C=O) groups is 2. The smallest absolute Gasteiger partial charge is 0.251 e. The monoisotopic (exact) mass is 420 g/mol. The lowest BCUT2D eigenvalue weighted by Gasteiger charge is -2.37. The Morgan fingerprint density at radius 1 is 1.19 bits per heavy atom. The maximum absolute atomic E-state index is 12.5. The molecular weight excluding hydrogens is 396 g/mol. The lowest BCUT2D eigenvalue weighted by atomic mass is 9.98. The van der Waals surface area contributed by atoms with E-state index in [0.29, 0.717) is 48.8 Å². The molecule has 0 unspecified atom stereocenters. The first kappa shape index (κ1) is 20.6. The Kier molecular flexibility index (Phi) is 5.97. The number of rotatable bonds is 7. The van der Waals surface area contributed by atoms with Crippen LogP contribution in [0.5, 0.6) is 5.75 Å². The van der Waals surface area contributed by atoms with E-state index in [9.17, 15) is 9.59 Å². The van der Waals surface area contributed by atoms with Crippen LogP contribution in [0.25, 0.3) is 11.4 Å². The van der Waals surface area contributed by atoms with Crippen LogP contribution in [0.15, 0.2) is 53.1 Å². The lowest BCUT2D eigenvalue weighted by molar-refractivity contribution is -0.135. The minimum atomic E-state index is -0.173. The fraction of sp³-hybridized carbons (Fsp3) is 0.304. The second-order valence-corrected chi connectivity index (χ2v) is 7.46. The number of aromatic nitrogens is 2. The molecule has 1 aliphatic rings. The van der Waals surface area contributed by atoms with Crippen LogP contribution in [0.4, 0.5) is 0 Å². The van der Waals surface area contributed by atoms with Crippen molar-refractivity contribution in [2.24, 2.45) is 0 Å². The average molecular weight is 420 g/mol. The molecule has 0 saturated carbocycles. The van der Waals surface area contributed by atoms with Crippen molar-refractivity contribution in [3.8, 4) is 17.1 Å². The Bertz CT molecular complexity index is 1070. The molecule has 8 heteroatoms. The molecule has 0 spiro atoms. The van der Waals surface area contributed by atoms with E-state index in [1.807, 2.05) is 35.2 Å². The van der Waals surface area contributed by atoms with E-state index in [1.165, 1.54) is 0 Å². The quantitative estimate of drug-likeness (QED) is 0.631. The van der Waals surface area contributed by atoms with Crippen LogP contribution in [-0.2, 0) is 11.2 Å². The van der Waals surface area contributed by atoms with Gasteiger partial charge in [-0.25, -0.2) is 0 Å². The van der Waals surface area contributed by atoms with Gasteiger partial charge in [-0.3, -0.25) is 9.59 Å². The normalized spacial score (nSPS) is 13.5. The van der Waals surface area contributed by atoms with Gasteiger partial charge in [0.2, 0.25) is 17.6 Å². The summed E-state index contributed by atoms with van der Waals surface area (Å²) in [4.78, 5) is 30.6. The van der Waals surface area contributed by atoms with Crippen molar-refractivity contribution in [1.29, 1.82) is 0 Å². The number of ether oxygens (including phenoxy) is 1. The van der Waals surface area contributed by atoms with Crippen LogP contribution >= 0.6 is 0 Å². The molecule has 1 N–H and O–H groups in total. The van der Waals surface area contributed by atoms with Crippen molar-refractivity contribution in [3.05, 3.63) is 65.5 Å². The van der Waals surface area contributed by atoms with E-state index in [4.69, 9.17) is 9.26 Å². The predicted octanol–water partition coefficient (Wildman–Crippen LogP) is 2.66. The molecule has 0 bridgehead atoms. The van der Waals surface area contributed by atoms with Crippen LogP contribution in [0.3, 0.4) is 0 Å². The number of carbonyl (C=O) groups excluding carboxylic acids is 2. The van der Waals surface area contributed by atoms with Crippen molar-refractivity contribution in [1.82, 2.24) is 20.4 Å². The summed E-state index contributed by atoms with van der Waals surface area (Å²) < 4.78 is 10.6. The Labute approximate surface area is 180 Å². The van der Waals surface area contributed by atoms with Gasteiger partial charge in [0.1, 0.15) is 5.75 Å². The van der Waals surface area contributed by atoms with Crippen LogP contribution in [0.2, 0.25) is 0 Å². The van der Waals surface area contributed by atoms with Gasteiger partial charge in [0.15, 0.2) is 0 Å². The standard InChI is InChI=1S/C23H24N4O4/c1-24-22(29)17-5-3-4-16(12-17)21-25-23(31-26-21)18-13-27(14-18)20(28)11-8-15-6-9-19(30-2)10-7-15/h3-7,9-10,12,18H,8,11,13-14H2,1-2H3,(H,24,29). The first-order chi connectivity index (χ1) is 15.1. The molecule has 0 atom stereocenters. The summed E-state index contributed by atoms with van der Waals surface area (Å²) in [6.45, 7) is 1.14. The summed E-state index contributed by atoms with van der Waals surface area (Å²) in [7, 11) is 3.22. The van der Waals surface area contributed by atoms with Gasteiger partial charge in [0, 0.05) is 37.7 Å². The third-order valence-corrected chi connectivity index (χ3v) is 5.42. The predicted molar refractivity (Wildman–Crippen MR) is 114 cm³/mol. The van der Waals surface area contributed by atoms with Crippen molar-refractivity contribution < 1.29 is 18.8 Å². The van der Waals surface area contributed by atoms with Gasteiger partial charge < -0.3 is 19.5 Å². The van der Waals surface area contributed by atoms with Gasteiger partial charge in [0.25, 0.3) is 5.91 Å². The Morgan fingerprint density at radius 2 is 1.97 bits per heavy atom. The van der Waals surface area contributed by atoms with Crippen LogP contribution in [0, 0.1) is 0 Å². The Hall–Kier alpha value is -3.68. The summed E-state index contributed by atoms with van der Waals surface area (Å²) in [5.74, 6) is 1.73. The number of likely N-dealkylation sites (tertiary alicyclic amines) is 1. The molecule has 3 aromatic rings. The van der Waals surface area contributed by atoms with Crippen molar-refractivity contribution in [2.45, 2.75) is 18.8 Å². The second-order valence-electron chi connectivity index (χ2n) is 7.46. The summed E-state index contributed by atoms with van der Waals surface area (Å²) >= 11 is 0. The van der Waals surface area contributed by atoms with Crippen molar-refractivity contribution in [3.63, 3.8) is 0 Å². The SMILES string of the molecule is CNC(=O)c1cccc(-c2noc(C3CN(C(=O)CCc4ccc(OC)cc4)C3)n2)c1. The van der Waals surface area contributed by atoms with Gasteiger partial charge in [-0.05, 0) is 36.2 Å². The van der Waals surface area contributed by atoms with Gasteiger partial charge >= 0.3 is 0 Å². The molecule has 2 heterocycles. The molecule has 160 valence electrons. The zero-order valence-corrected chi connectivity index (χ0v) is 17.5. The van der Waals surface area contributed by atoms with Crippen molar-refractivity contribution >= 4 is 11.8 Å². The number of nitrogens with zero attached hydrogens (tertiary/aromatic N) is 3. The number of amides is 2. The van der Waals surface area contributed by atoms with Crippen LogP contribution < -0.4 is 10.1 Å². The highest BCUT2D eigenvalue weighted by molar-refractivity contribution is 5.95. The third-order valence-electron chi connectivity index (χ3n) is 5.42. The highest BCUT2D eigenvalue weighted by Gasteiger charge is 2.35. The van der Waals surface area contributed by atoms with Gasteiger partial charge in [0.05, 0.1) is 13.0 Å². The number of benzene rings is 2. The van der Waals surface area contributed by atoms with Crippen LogP contribution in [-0.4, -0.2) is 54.1 Å². The van der Waals surface area contributed by atoms with E-state index in [2.05, 4.69) is 15.5 Å². The molecule has 1 fully saturated rings. The molecule has 2 amide bonds. The number of nitrogens with one attached hydrogen (secondary N) is 1. The Balaban J connectivity index is 1.30. The molecule has 31 heavy (non-hydrogen) atoms. The number of hydrogen-bond donors (Lipinski definition) is 1. The zero-order chi connectivity index (χ0) is 21.8. The van der Waals surface area contributed by atoms with E-state index >= 15 is 0 Å². The first-order valence-electron chi connectivity index (χ1n) is 10.1. The molecule has 1 saturated heterocycles. The summed E-state index contributed by atoms with van der Waals surface area (Å²) in [6.07, 6.45) is 1.15. The maximum atomic E-state index is 12.5. The first-order valence-corrected chi connectivity index (χ1v) is 10.1. The van der Waals surface area contributed by atoms with Gasteiger partial charge in [-0.1, -0.05) is 29.4 Å². The minimum absolute atomic E-state index is 0.0355. The largest absolute Gasteiger partial charge is 0.497 e. The fourth-order valence-corrected chi connectivity index (χ4v) is 3.50. The highest BCUT2D eigenvalue weighted by atomic mass is 16.5. The van der Waals surface area contributed by atoms with E-state index in [-0.39, 0.29) is 17.7 Å².